The maximum Gasteiger partial charge on any atom is 0.220 e. The van der Waals surface area contributed by atoms with Crippen LogP contribution in [0.3, 0.4) is 0 Å². The van der Waals surface area contributed by atoms with Crippen molar-refractivity contribution in [2.45, 2.75) is 301 Å². The summed E-state index contributed by atoms with van der Waals surface area (Å²) in [5, 5.41) is 54.5. The number of amides is 1. The molecule has 0 aromatic heterocycles. The standard InChI is InChI=1S/C58H107NO8/c1-3-5-7-9-11-13-15-17-18-19-20-21-22-23-24-25-26-27-28-29-30-31-32-33-34-36-37-39-41-43-45-47-52(61)51(50-66-58-57(65)56(64)55(63)53(49-60)67-58)59-54(62)48-46-44-42-40-38-35-16-14-12-10-8-6-4-2/h6,8,12,14,35,38,42,44,51-53,55-58,60-61,63-65H,3-5,7,9-11,13,15-34,36-37,39-41,43,45-50H2,1-2H3,(H,59,62)/b8-6-,14-12-,38-35-,44-42-. The van der Waals surface area contributed by atoms with Crippen LogP contribution in [0.4, 0.5) is 0 Å². The summed E-state index contributed by atoms with van der Waals surface area (Å²) >= 11 is 0. The zero-order valence-electron chi connectivity index (χ0n) is 43.4. The molecule has 9 nitrogen and oxygen atoms in total. The van der Waals surface area contributed by atoms with Gasteiger partial charge in [0, 0.05) is 6.42 Å². The highest BCUT2D eigenvalue weighted by Gasteiger charge is 2.44. The van der Waals surface area contributed by atoms with E-state index in [9.17, 15) is 30.3 Å². The molecule has 0 bridgehead atoms. The number of carbonyl (C=O) groups is 1. The second kappa shape index (κ2) is 47.8. The lowest BCUT2D eigenvalue weighted by atomic mass is 9.99. The first-order valence-corrected chi connectivity index (χ1v) is 28.3. The van der Waals surface area contributed by atoms with Crippen LogP contribution >= 0.6 is 0 Å². The fourth-order valence-electron chi connectivity index (χ4n) is 9.00. The summed E-state index contributed by atoms with van der Waals surface area (Å²) in [7, 11) is 0. The molecule has 0 aromatic carbocycles. The molecular formula is C58H107NO8. The van der Waals surface area contributed by atoms with E-state index in [0.29, 0.717) is 12.8 Å². The molecule has 1 aliphatic rings. The minimum absolute atomic E-state index is 0.167. The van der Waals surface area contributed by atoms with Crippen LogP contribution in [-0.4, -0.2) is 87.5 Å². The van der Waals surface area contributed by atoms with Gasteiger partial charge in [0.05, 0.1) is 25.4 Å². The molecule has 7 atom stereocenters. The van der Waals surface area contributed by atoms with Crippen molar-refractivity contribution in [3.05, 3.63) is 48.6 Å². The van der Waals surface area contributed by atoms with Crippen molar-refractivity contribution < 1.29 is 39.8 Å². The Balaban J connectivity index is 2.14. The molecule has 392 valence electrons. The number of nitrogens with one attached hydrogen (secondary N) is 1. The highest BCUT2D eigenvalue weighted by molar-refractivity contribution is 5.76. The van der Waals surface area contributed by atoms with Crippen molar-refractivity contribution >= 4 is 5.91 Å². The number of hydrogen-bond acceptors (Lipinski definition) is 8. The van der Waals surface area contributed by atoms with Crippen LogP contribution in [0.15, 0.2) is 48.6 Å². The first-order valence-electron chi connectivity index (χ1n) is 28.3. The summed E-state index contributed by atoms with van der Waals surface area (Å²) < 4.78 is 11.3. The predicted octanol–water partition coefficient (Wildman–Crippen LogP) is 13.7. The predicted molar refractivity (Wildman–Crippen MR) is 281 cm³/mol. The van der Waals surface area contributed by atoms with Gasteiger partial charge in [0.1, 0.15) is 24.4 Å². The van der Waals surface area contributed by atoms with Gasteiger partial charge in [-0.15, -0.1) is 0 Å². The maximum absolute atomic E-state index is 13.0. The van der Waals surface area contributed by atoms with Crippen LogP contribution in [0.25, 0.3) is 0 Å². The van der Waals surface area contributed by atoms with Crippen molar-refractivity contribution in [2.75, 3.05) is 13.2 Å². The van der Waals surface area contributed by atoms with E-state index in [1.807, 2.05) is 12.2 Å². The van der Waals surface area contributed by atoms with Gasteiger partial charge in [-0.3, -0.25) is 4.79 Å². The normalized spacial score (nSPS) is 20.0. The SMILES string of the molecule is CC/C=C\C/C=C\C/C=C\C/C=C\CCC(=O)NC(COC1OC(CO)C(O)C(O)C1O)C(O)CCCCCCCCCCCCCCCCCCCCCCCCCCCCCCCCC. The third-order valence-corrected chi connectivity index (χ3v) is 13.5. The summed E-state index contributed by atoms with van der Waals surface area (Å²) in [5.41, 5.74) is 0. The minimum atomic E-state index is -1.57. The number of allylic oxidation sites excluding steroid dienone is 8. The van der Waals surface area contributed by atoms with Gasteiger partial charge in [0.25, 0.3) is 0 Å². The molecule has 1 rings (SSSR count). The van der Waals surface area contributed by atoms with Gasteiger partial charge in [-0.05, 0) is 38.5 Å². The van der Waals surface area contributed by atoms with E-state index in [4.69, 9.17) is 9.47 Å². The molecule has 1 fully saturated rings. The Morgan fingerprint density at radius 2 is 0.896 bits per heavy atom. The zero-order valence-corrected chi connectivity index (χ0v) is 43.4. The first kappa shape index (κ1) is 63.2. The smallest absolute Gasteiger partial charge is 0.220 e. The van der Waals surface area contributed by atoms with Crippen molar-refractivity contribution in [2.24, 2.45) is 0 Å². The molecule has 1 heterocycles. The Morgan fingerprint density at radius 3 is 1.28 bits per heavy atom. The van der Waals surface area contributed by atoms with E-state index in [1.54, 1.807) is 0 Å². The Labute approximate surface area is 412 Å². The highest BCUT2D eigenvalue weighted by Crippen LogP contribution is 2.23. The first-order chi connectivity index (χ1) is 32.8. The number of rotatable bonds is 48. The van der Waals surface area contributed by atoms with Crippen molar-refractivity contribution in [1.29, 1.82) is 0 Å². The van der Waals surface area contributed by atoms with Crippen molar-refractivity contribution in [3.8, 4) is 0 Å². The summed E-state index contributed by atoms with van der Waals surface area (Å²) in [6.45, 7) is 3.69. The number of unbranched alkanes of at least 4 members (excludes halogenated alkanes) is 30. The van der Waals surface area contributed by atoms with Crippen LogP contribution < -0.4 is 5.32 Å². The fourth-order valence-corrected chi connectivity index (χ4v) is 9.00. The second-order valence-corrected chi connectivity index (χ2v) is 19.7. The average molecular weight is 946 g/mol. The monoisotopic (exact) mass is 946 g/mol. The molecule has 1 saturated heterocycles. The Kier molecular flexibility index (Phi) is 45.1. The lowest BCUT2D eigenvalue weighted by molar-refractivity contribution is -0.302. The lowest BCUT2D eigenvalue weighted by Crippen LogP contribution is -2.60. The Bertz CT molecular complexity index is 1190. The number of hydrogen-bond donors (Lipinski definition) is 6. The summed E-state index contributed by atoms with van der Waals surface area (Å²) in [6, 6.07) is -0.758. The summed E-state index contributed by atoms with van der Waals surface area (Å²) in [6.07, 6.45) is 56.1. The molecular weight excluding hydrogens is 839 g/mol. The zero-order chi connectivity index (χ0) is 48.7. The largest absolute Gasteiger partial charge is 0.394 e. The number of aliphatic hydroxyl groups excluding tert-OH is 5. The molecule has 1 amide bonds. The molecule has 67 heavy (non-hydrogen) atoms. The fraction of sp³-hybridized carbons (Fsp3) is 0.845. The van der Waals surface area contributed by atoms with E-state index < -0.39 is 49.5 Å². The highest BCUT2D eigenvalue weighted by atomic mass is 16.7. The van der Waals surface area contributed by atoms with Crippen LogP contribution in [0.5, 0.6) is 0 Å². The third kappa shape index (κ3) is 37.6. The molecule has 9 heteroatoms. The van der Waals surface area contributed by atoms with E-state index in [0.717, 1.165) is 44.9 Å². The van der Waals surface area contributed by atoms with Crippen molar-refractivity contribution in [1.82, 2.24) is 5.32 Å². The average Bonchev–Trinajstić information content (AvgIpc) is 3.33. The van der Waals surface area contributed by atoms with Gasteiger partial charge in [0.15, 0.2) is 6.29 Å². The Hall–Kier alpha value is -1.85. The minimum Gasteiger partial charge on any atom is -0.394 e. The third-order valence-electron chi connectivity index (χ3n) is 13.5. The molecule has 0 aliphatic carbocycles. The van der Waals surface area contributed by atoms with Gasteiger partial charge in [-0.1, -0.05) is 262 Å². The van der Waals surface area contributed by atoms with E-state index in [2.05, 4.69) is 55.6 Å². The Morgan fingerprint density at radius 1 is 0.522 bits per heavy atom. The molecule has 6 N–H and O–H groups in total. The van der Waals surface area contributed by atoms with E-state index >= 15 is 0 Å². The van der Waals surface area contributed by atoms with Crippen LogP contribution in [0.2, 0.25) is 0 Å². The molecule has 0 saturated carbocycles. The summed E-state index contributed by atoms with van der Waals surface area (Å²) in [5.74, 6) is -0.222. The van der Waals surface area contributed by atoms with E-state index in [-0.39, 0.29) is 18.9 Å². The molecule has 7 unspecified atom stereocenters. The second-order valence-electron chi connectivity index (χ2n) is 19.7. The number of carbonyl (C=O) groups excluding carboxylic acids is 1. The van der Waals surface area contributed by atoms with E-state index in [1.165, 1.54) is 180 Å². The van der Waals surface area contributed by atoms with Crippen LogP contribution in [0.1, 0.15) is 258 Å². The topological polar surface area (TPSA) is 149 Å². The van der Waals surface area contributed by atoms with Gasteiger partial charge in [-0.25, -0.2) is 0 Å². The lowest BCUT2D eigenvalue weighted by Gasteiger charge is -2.40. The number of aliphatic hydroxyl groups is 5. The molecule has 0 spiro atoms. The molecule has 0 aromatic rings. The number of ether oxygens (including phenoxy) is 2. The summed E-state index contributed by atoms with van der Waals surface area (Å²) in [4.78, 5) is 13.0. The van der Waals surface area contributed by atoms with Crippen molar-refractivity contribution in [3.63, 3.8) is 0 Å². The van der Waals surface area contributed by atoms with Crippen LogP contribution in [-0.2, 0) is 14.3 Å². The molecule has 0 radical (unpaired) electrons. The maximum atomic E-state index is 13.0. The van der Waals surface area contributed by atoms with Gasteiger partial charge >= 0.3 is 0 Å². The van der Waals surface area contributed by atoms with Crippen LogP contribution in [0, 0.1) is 0 Å². The van der Waals surface area contributed by atoms with Gasteiger partial charge in [-0.2, -0.15) is 0 Å². The van der Waals surface area contributed by atoms with Gasteiger partial charge in [0.2, 0.25) is 5.91 Å². The van der Waals surface area contributed by atoms with Gasteiger partial charge < -0.3 is 40.3 Å². The quantitative estimate of drug-likeness (QED) is 0.0261. The molecule has 1 aliphatic heterocycles.